The Bertz CT molecular complexity index is 359. The van der Waals surface area contributed by atoms with E-state index in [1.165, 1.54) is 0 Å². The van der Waals surface area contributed by atoms with E-state index in [0.29, 0.717) is 6.10 Å². The molecule has 88 valence electrons. The molecule has 3 nitrogen and oxygen atoms in total. The van der Waals surface area contributed by atoms with Gasteiger partial charge < -0.3 is 9.47 Å². The summed E-state index contributed by atoms with van der Waals surface area (Å²) in [5, 5.41) is 0. The van der Waals surface area contributed by atoms with E-state index < -0.39 is 0 Å². The first-order valence-corrected chi connectivity index (χ1v) is 6.01. The fourth-order valence-corrected chi connectivity index (χ4v) is 1.55. The lowest BCUT2D eigenvalue weighted by molar-refractivity contribution is 0.215. The van der Waals surface area contributed by atoms with Gasteiger partial charge in [0.2, 0.25) is 0 Å². The van der Waals surface area contributed by atoms with Crippen LogP contribution in [0.4, 0.5) is 0 Å². The lowest BCUT2D eigenvalue weighted by atomic mass is 10.2. The number of rotatable bonds is 5. The van der Waals surface area contributed by atoms with Gasteiger partial charge in [0, 0.05) is 11.8 Å². The van der Waals surface area contributed by atoms with Gasteiger partial charge in [0.05, 0.1) is 18.4 Å². The van der Waals surface area contributed by atoms with Crippen molar-refractivity contribution in [1.82, 2.24) is 4.98 Å². The van der Waals surface area contributed by atoms with Gasteiger partial charge in [0.1, 0.15) is 0 Å². The molecule has 16 heavy (non-hydrogen) atoms. The second-order valence-corrected chi connectivity index (χ2v) is 4.46. The summed E-state index contributed by atoms with van der Waals surface area (Å²) in [5.74, 6) is 1.68. The van der Waals surface area contributed by atoms with Gasteiger partial charge in [-0.25, -0.2) is 0 Å². The van der Waals surface area contributed by atoms with Gasteiger partial charge in [0.15, 0.2) is 11.5 Å². The Labute approximate surface area is 96.8 Å². The van der Waals surface area contributed by atoms with Crippen molar-refractivity contribution in [2.75, 3.05) is 0 Å². The first kappa shape index (κ1) is 11.2. The van der Waals surface area contributed by atoms with Crippen molar-refractivity contribution in [2.24, 2.45) is 0 Å². The molecule has 0 bridgehead atoms. The molecule has 0 aromatic carbocycles. The third kappa shape index (κ3) is 2.65. The van der Waals surface area contributed by atoms with E-state index in [-0.39, 0.29) is 6.10 Å². The largest absolute Gasteiger partial charge is 0.486 e. The Balaban J connectivity index is 2.25. The van der Waals surface area contributed by atoms with E-state index in [0.717, 1.165) is 36.3 Å². The Morgan fingerprint density at radius 2 is 2.12 bits per heavy atom. The highest BCUT2D eigenvalue weighted by atomic mass is 16.5. The smallest absolute Gasteiger partial charge is 0.180 e. The molecule has 1 aromatic rings. The molecule has 0 N–H and O–H groups in total. The topological polar surface area (TPSA) is 31.4 Å². The highest BCUT2D eigenvalue weighted by molar-refractivity contribution is 5.44. The fraction of sp³-hybridized carbons (Fsp3) is 0.615. The molecule has 0 aliphatic heterocycles. The SMILES string of the molecule is CCc1cncc(OC(C)C)c1OC1CC1. The molecule has 1 aromatic heterocycles. The van der Waals surface area contributed by atoms with Crippen LogP contribution in [0.15, 0.2) is 12.4 Å². The van der Waals surface area contributed by atoms with Crippen LogP contribution in [0.25, 0.3) is 0 Å². The van der Waals surface area contributed by atoms with Gasteiger partial charge in [0.25, 0.3) is 0 Å². The van der Waals surface area contributed by atoms with Crippen molar-refractivity contribution in [1.29, 1.82) is 0 Å². The van der Waals surface area contributed by atoms with Crippen LogP contribution in [-0.2, 0) is 6.42 Å². The standard InChI is InChI=1S/C13H19NO2/c1-4-10-7-14-8-12(15-9(2)3)13(10)16-11-5-6-11/h7-9,11H,4-6H2,1-3H3. The van der Waals surface area contributed by atoms with Crippen LogP contribution < -0.4 is 9.47 Å². The Kier molecular flexibility index (Phi) is 3.32. The summed E-state index contributed by atoms with van der Waals surface area (Å²) in [6.07, 6.45) is 7.39. The fourth-order valence-electron chi connectivity index (χ4n) is 1.55. The molecule has 1 aliphatic rings. The van der Waals surface area contributed by atoms with Crippen molar-refractivity contribution in [3.63, 3.8) is 0 Å². The maximum absolute atomic E-state index is 5.91. The van der Waals surface area contributed by atoms with Gasteiger partial charge >= 0.3 is 0 Å². The van der Waals surface area contributed by atoms with Gasteiger partial charge in [-0.1, -0.05) is 6.92 Å². The number of pyridine rings is 1. The molecule has 0 amide bonds. The number of nitrogens with zero attached hydrogens (tertiary/aromatic N) is 1. The molecule has 0 saturated heterocycles. The second-order valence-electron chi connectivity index (χ2n) is 4.46. The first-order chi connectivity index (χ1) is 7.70. The van der Waals surface area contributed by atoms with Gasteiger partial charge in [-0.2, -0.15) is 0 Å². The average Bonchev–Trinajstić information content (AvgIpc) is 3.03. The number of ether oxygens (including phenoxy) is 2. The average molecular weight is 221 g/mol. The minimum Gasteiger partial charge on any atom is -0.486 e. The van der Waals surface area contributed by atoms with Crippen LogP contribution in [0.5, 0.6) is 11.5 Å². The van der Waals surface area contributed by atoms with Crippen LogP contribution in [0.1, 0.15) is 39.2 Å². The zero-order valence-corrected chi connectivity index (χ0v) is 10.2. The van der Waals surface area contributed by atoms with E-state index in [1.807, 2.05) is 20.0 Å². The zero-order chi connectivity index (χ0) is 11.5. The summed E-state index contributed by atoms with van der Waals surface area (Å²) in [6.45, 7) is 6.13. The minimum absolute atomic E-state index is 0.149. The quantitative estimate of drug-likeness (QED) is 0.766. The molecule has 0 atom stereocenters. The van der Waals surface area contributed by atoms with Crippen molar-refractivity contribution in [3.05, 3.63) is 18.0 Å². The van der Waals surface area contributed by atoms with E-state index >= 15 is 0 Å². The number of hydrogen-bond acceptors (Lipinski definition) is 3. The second kappa shape index (κ2) is 4.73. The van der Waals surface area contributed by atoms with Crippen molar-refractivity contribution in [2.45, 2.75) is 52.2 Å². The van der Waals surface area contributed by atoms with Gasteiger partial charge in [-0.05, 0) is 33.1 Å². The maximum Gasteiger partial charge on any atom is 0.180 e. The summed E-state index contributed by atoms with van der Waals surface area (Å²) < 4.78 is 11.6. The molecule has 1 heterocycles. The van der Waals surface area contributed by atoms with Gasteiger partial charge in [-0.15, -0.1) is 0 Å². The predicted molar refractivity (Wildman–Crippen MR) is 63.0 cm³/mol. The summed E-state index contributed by atoms with van der Waals surface area (Å²) in [4.78, 5) is 4.19. The Morgan fingerprint density at radius 1 is 1.38 bits per heavy atom. The molecule has 0 unspecified atom stereocenters. The molecule has 2 rings (SSSR count). The maximum atomic E-state index is 5.91. The molecular formula is C13H19NO2. The van der Waals surface area contributed by atoms with E-state index in [1.54, 1.807) is 6.20 Å². The van der Waals surface area contributed by atoms with Gasteiger partial charge in [-0.3, -0.25) is 4.98 Å². The van der Waals surface area contributed by atoms with Crippen LogP contribution in [0, 0.1) is 0 Å². The lowest BCUT2D eigenvalue weighted by Crippen LogP contribution is -2.09. The van der Waals surface area contributed by atoms with E-state index in [2.05, 4.69) is 11.9 Å². The number of aryl methyl sites for hydroxylation is 1. The summed E-state index contributed by atoms with van der Waals surface area (Å²) in [7, 11) is 0. The molecule has 1 fully saturated rings. The summed E-state index contributed by atoms with van der Waals surface area (Å²) in [6, 6.07) is 0. The summed E-state index contributed by atoms with van der Waals surface area (Å²) in [5.41, 5.74) is 1.13. The third-order valence-corrected chi connectivity index (χ3v) is 2.49. The highest BCUT2D eigenvalue weighted by Crippen LogP contribution is 2.36. The Hall–Kier alpha value is -1.25. The number of aromatic nitrogens is 1. The molecule has 0 radical (unpaired) electrons. The monoisotopic (exact) mass is 221 g/mol. The van der Waals surface area contributed by atoms with Crippen LogP contribution in [-0.4, -0.2) is 17.2 Å². The zero-order valence-electron chi connectivity index (χ0n) is 10.2. The molecule has 0 spiro atoms. The first-order valence-electron chi connectivity index (χ1n) is 6.01. The normalized spacial score (nSPS) is 15.2. The highest BCUT2D eigenvalue weighted by Gasteiger charge is 2.26. The minimum atomic E-state index is 0.149. The van der Waals surface area contributed by atoms with E-state index in [9.17, 15) is 0 Å². The van der Waals surface area contributed by atoms with Crippen LogP contribution in [0.3, 0.4) is 0 Å². The molecule has 1 aliphatic carbocycles. The van der Waals surface area contributed by atoms with Crippen molar-refractivity contribution in [3.8, 4) is 11.5 Å². The number of hydrogen-bond donors (Lipinski definition) is 0. The summed E-state index contributed by atoms with van der Waals surface area (Å²) >= 11 is 0. The molecule has 3 heteroatoms. The van der Waals surface area contributed by atoms with Crippen LogP contribution in [0.2, 0.25) is 0 Å². The van der Waals surface area contributed by atoms with Crippen LogP contribution >= 0.6 is 0 Å². The molecular weight excluding hydrogens is 202 g/mol. The van der Waals surface area contributed by atoms with Crippen molar-refractivity contribution < 1.29 is 9.47 Å². The molecule has 1 saturated carbocycles. The van der Waals surface area contributed by atoms with E-state index in [4.69, 9.17) is 9.47 Å². The predicted octanol–water partition coefficient (Wildman–Crippen LogP) is 2.97. The Morgan fingerprint density at radius 3 is 2.69 bits per heavy atom. The lowest BCUT2D eigenvalue weighted by Gasteiger charge is -2.16. The third-order valence-electron chi connectivity index (χ3n) is 2.49. The van der Waals surface area contributed by atoms with Crippen molar-refractivity contribution >= 4 is 0 Å².